The molecule has 0 aliphatic carbocycles. The smallest absolute Gasteiger partial charge is 0.262 e. The first kappa shape index (κ1) is 14.5. The van der Waals surface area contributed by atoms with Gasteiger partial charge in [-0.3, -0.25) is 4.79 Å². The van der Waals surface area contributed by atoms with Gasteiger partial charge in [-0.25, -0.2) is 0 Å². The van der Waals surface area contributed by atoms with E-state index in [-0.39, 0.29) is 12.5 Å². The summed E-state index contributed by atoms with van der Waals surface area (Å²) in [4.78, 5) is 12.6. The van der Waals surface area contributed by atoms with Crippen LogP contribution in [0.5, 0.6) is 5.75 Å². The molecule has 2 rings (SSSR count). The molecule has 1 amide bonds. The minimum absolute atomic E-state index is 0.0228. The number of hydrogen-bond donors (Lipinski definition) is 2. The lowest BCUT2D eigenvalue weighted by atomic mass is 10.1. The van der Waals surface area contributed by atoms with Crippen LogP contribution in [0, 0.1) is 13.8 Å². The van der Waals surface area contributed by atoms with Gasteiger partial charge >= 0.3 is 0 Å². The van der Waals surface area contributed by atoms with E-state index in [1.165, 1.54) is 0 Å². The zero-order valence-electron chi connectivity index (χ0n) is 11.5. The first-order valence-electron chi connectivity index (χ1n) is 6.33. The summed E-state index contributed by atoms with van der Waals surface area (Å²) in [6, 6.07) is 13.2. The van der Waals surface area contributed by atoms with Crippen molar-refractivity contribution >= 4 is 24.2 Å². The molecule has 3 nitrogen and oxygen atoms in total. The van der Waals surface area contributed by atoms with Gasteiger partial charge in [0.25, 0.3) is 5.91 Å². The summed E-state index contributed by atoms with van der Waals surface area (Å²) in [5.41, 5.74) is 2.91. The number of anilines is 1. The number of nitrogens with one attached hydrogen (secondary N) is 1. The lowest BCUT2D eigenvalue weighted by Gasteiger charge is -2.10. The van der Waals surface area contributed by atoms with E-state index in [4.69, 9.17) is 4.74 Å². The van der Waals surface area contributed by atoms with Crippen LogP contribution in [0.15, 0.2) is 47.4 Å². The van der Waals surface area contributed by atoms with Gasteiger partial charge in [0.15, 0.2) is 6.61 Å². The lowest BCUT2D eigenvalue weighted by molar-refractivity contribution is -0.118. The van der Waals surface area contributed by atoms with Gasteiger partial charge in [-0.1, -0.05) is 18.2 Å². The molecule has 0 bridgehead atoms. The highest BCUT2D eigenvalue weighted by atomic mass is 32.1. The number of thiol groups is 1. The number of ether oxygens (including phenoxy) is 1. The predicted molar refractivity (Wildman–Crippen MR) is 83.7 cm³/mol. The predicted octanol–water partition coefficient (Wildman–Crippen LogP) is 3.61. The van der Waals surface area contributed by atoms with Crippen molar-refractivity contribution in [2.45, 2.75) is 18.7 Å². The largest absolute Gasteiger partial charge is 0.484 e. The van der Waals surface area contributed by atoms with E-state index in [0.717, 1.165) is 16.0 Å². The van der Waals surface area contributed by atoms with Gasteiger partial charge in [-0.05, 0) is 49.2 Å². The van der Waals surface area contributed by atoms with Crippen molar-refractivity contribution in [1.29, 1.82) is 0 Å². The molecule has 1 N–H and O–H groups in total. The van der Waals surface area contributed by atoms with Gasteiger partial charge in [0.1, 0.15) is 5.75 Å². The third-order valence-electron chi connectivity index (χ3n) is 2.74. The summed E-state index contributed by atoms with van der Waals surface area (Å²) in [5, 5.41) is 2.77. The molecule has 20 heavy (non-hydrogen) atoms. The van der Waals surface area contributed by atoms with Crippen LogP contribution >= 0.6 is 12.6 Å². The first-order valence-corrected chi connectivity index (χ1v) is 6.78. The fourth-order valence-corrected chi connectivity index (χ4v) is 2.15. The van der Waals surface area contributed by atoms with Gasteiger partial charge in [-0.15, -0.1) is 12.6 Å². The van der Waals surface area contributed by atoms with Gasteiger partial charge in [-0.2, -0.15) is 0 Å². The Morgan fingerprint density at radius 2 is 1.80 bits per heavy atom. The number of carbonyl (C=O) groups is 1. The van der Waals surface area contributed by atoms with Crippen LogP contribution in [0.3, 0.4) is 0 Å². The SMILES string of the molecule is Cc1cc(C)cc(OCC(=O)Nc2ccccc2S)c1. The molecule has 2 aromatic rings. The summed E-state index contributed by atoms with van der Waals surface area (Å²) in [6.45, 7) is 3.97. The Kier molecular flexibility index (Phi) is 4.69. The summed E-state index contributed by atoms with van der Waals surface area (Å²) in [6.07, 6.45) is 0. The van der Waals surface area contributed by atoms with Crippen LogP contribution in [-0.2, 0) is 4.79 Å². The van der Waals surface area contributed by atoms with Crippen molar-refractivity contribution in [3.8, 4) is 5.75 Å². The number of amides is 1. The van der Waals surface area contributed by atoms with Gasteiger partial charge in [0.2, 0.25) is 0 Å². The number of carbonyl (C=O) groups excluding carboxylic acids is 1. The van der Waals surface area contributed by atoms with Gasteiger partial charge < -0.3 is 10.1 Å². The zero-order valence-corrected chi connectivity index (χ0v) is 12.4. The zero-order chi connectivity index (χ0) is 14.5. The normalized spacial score (nSPS) is 10.2. The average Bonchev–Trinajstić information content (AvgIpc) is 2.38. The quantitative estimate of drug-likeness (QED) is 0.843. The van der Waals surface area contributed by atoms with E-state index in [2.05, 4.69) is 24.0 Å². The Balaban J connectivity index is 1.94. The fourth-order valence-electron chi connectivity index (χ4n) is 1.93. The topological polar surface area (TPSA) is 38.3 Å². The molecule has 0 spiro atoms. The van der Waals surface area contributed by atoms with Crippen LogP contribution in [0.2, 0.25) is 0 Å². The molecule has 0 unspecified atom stereocenters. The third kappa shape index (κ3) is 4.03. The maximum Gasteiger partial charge on any atom is 0.262 e. The molecule has 104 valence electrons. The van der Waals surface area contributed by atoms with Crippen molar-refractivity contribution in [3.05, 3.63) is 53.6 Å². The number of para-hydroxylation sites is 1. The molecule has 2 aromatic carbocycles. The van der Waals surface area contributed by atoms with Crippen LogP contribution in [0.4, 0.5) is 5.69 Å². The highest BCUT2D eigenvalue weighted by Gasteiger charge is 2.06. The monoisotopic (exact) mass is 287 g/mol. The number of hydrogen-bond acceptors (Lipinski definition) is 3. The molecule has 0 fully saturated rings. The highest BCUT2D eigenvalue weighted by Crippen LogP contribution is 2.19. The van der Waals surface area contributed by atoms with Gasteiger partial charge in [0.05, 0.1) is 5.69 Å². The summed E-state index contributed by atoms with van der Waals surface area (Å²) in [7, 11) is 0. The van der Waals surface area contributed by atoms with Crippen LogP contribution in [0.25, 0.3) is 0 Å². The van der Waals surface area contributed by atoms with Crippen LogP contribution < -0.4 is 10.1 Å². The number of benzene rings is 2. The second kappa shape index (κ2) is 6.48. The Hall–Kier alpha value is -1.94. The van der Waals surface area contributed by atoms with Gasteiger partial charge in [0, 0.05) is 4.90 Å². The second-order valence-electron chi connectivity index (χ2n) is 4.68. The first-order chi connectivity index (χ1) is 9.54. The van der Waals surface area contributed by atoms with E-state index in [0.29, 0.717) is 11.4 Å². The van der Waals surface area contributed by atoms with Crippen molar-refractivity contribution < 1.29 is 9.53 Å². The van der Waals surface area contributed by atoms with Crippen LogP contribution in [0.1, 0.15) is 11.1 Å². The third-order valence-corrected chi connectivity index (χ3v) is 3.13. The Bertz CT molecular complexity index is 605. The lowest BCUT2D eigenvalue weighted by Crippen LogP contribution is -2.20. The molecular weight excluding hydrogens is 270 g/mol. The minimum atomic E-state index is -0.203. The molecule has 0 aliphatic rings. The Morgan fingerprint density at radius 3 is 2.45 bits per heavy atom. The molecule has 0 aliphatic heterocycles. The van der Waals surface area contributed by atoms with Crippen molar-refractivity contribution in [2.24, 2.45) is 0 Å². The second-order valence-corrected chi connectivity index (χ2v) is 5.16. The van der Waals surface area contributed by atoms with E-state index in [9.17, 15) is 4.79 Å². The number of aryl methyl sites for hydroxylation is 2. The average molecular weight is 287 g/mol. The molecule has 4 heteroatoms. The summed E-state index contributed by atoms with van der Waals surface area (Å²) >= 11 is 4.28. The summed E-state index contributed by atoms with van der Waals surface area (Å²) < 4.78 is 5.50. The maximum absolute atomic E-state index is 11.8. The standard InChI is InChI=1S/C16H17NO2S/c1-11-7-12(2)9-13(8-11)19-10-16(18)17-14-5-3-4-6-15(14)20/h3-9,20H,10H2,1-2H3,(H,17,18). The molecule has 0 saturated heterocycles. The van der Waals surface area contributed by atoms with Crippen LogP contribution in [-0.4, -0.2) is 12.5 Å². The maximum atomic E-state index is 11.8. The van der Waals surface area contributed by atoms with E-state index < -0.39 is 0 Å². The van der Waals surface area contributed by atoms with E-state index >= 15 is 0 Å². The molecule has 0 saturated carbocycles. The molecule has 0 aromatic heterocycles. The Morgan fingerprint density at radius 1 is 1.15 bits per heavy atom. The molecular formula is C16H17NO2S. The van der Waals surface area contributed by atoms with Crippen molar-refractivity contribution in [2.75, 3.05) is 11.9 Å². The highest BCUT2D eigenvalue weighted by molar-refractivity contribution is 7.80. The Labute approximate surface area is 124 Å². The molecule has 0 radical (unpaired) electrons. The summed E-state index contributed by atoms with van der Waals surface area (Å²) in [5.74, 6) is 0.502. The molecule has 0 atom stereocenters. The van der Waals surface area contributed by atoms with Crippen molar-refractivity contribution in [3.63, 3.8) is 0 Å². The number of rotatable bonds is 4. The van der Waals surface area contributed by atoms with E-state index in [1.54, 1.807) is 6.07 Å². The minimum Gasteiger partial charge on any atom is -0.484 e. The van der Waals surface area contributed by atoms with E-state index in [1.807, 2.05) is 44.2 Å². The fraction of sp³-hybridized carbons (Fsp3) is 0.188. The molecule has 0 heterocycles. The van der Waals surface area contributed by atoms with Crippen molar-refractivity contribution in [1.82, 2.24) is 0 Å².